The second kappa shape index (κ2) is 13.2. The first-order chi connectivity index (χ1) is 18.7. The topological polar surface area (TPSA) is 60.9 Å². The van der Waals surface area contributed by atoms with Crippen LogP contribution >= 0.6 is 0 Å². The third kappa shape index (κ3) is 7.66. The van der Waals surface area contributed by atoms with Crippen molar-refractivity contribution in [3.05, 3.63) is 107 Å². The molecular formula is C32H39N3O3S. The van der Waals surface area contributed by atoms with E-state index < -0.39 is 10.0 Å². The summed E-state index contributed by atoms with van der Waals surface area (Å²) in [6.07, 6.45) is 4.80. The van der Waals surface area contributed by atoms with Gasteiger partial charge in [0, 0.05) is 39.3 Å². The SMILES string of the molecule is Cc1cc(C)c(S(=O)(=O)N(CCc2ccccc2)CC(=O)N2CCN(C/C=C/c3ccccc3)CC2)c(C)c1. The van der Waals surface area contributed by atoms with E-state index >= 15 is 0 Å². The summed E-state index contributed by atoms with van der Waals surface area (Å²) in [7, 11) is -3.87. The van der Waals surface area contributed by atoms with Gasteiger partial charge < -0.3 is 4.90 Å². The number of amides is 1. The quantitative estimate of drug-likeness (QED) is 0.371. The summed E-state index contributed by atoms with van der Waals surface area (Å²) in [6, 6.07) is 23.8. The number of rotatable bonds is 10. The molecule has 3 aromatic rings. The molecule has 0 bridgehead atoms. The fourth-order valence-electron chi connectivity index (χ4n) is 5.22. The number of carbonyl (C=O) groups is 1. The number of hydrogen-bond acceptors (Lipinski definition) is 4. The number of sulfonamides is 1. The zero-order valence-corrected chi connectivity index (χ0v) is 24.0. The Hall–Kier alpha value is -3.26. The van der Waals surface area contributed by atoms with Crippen molar-refractivity contribution in [3.8, 4) is 0 Å². The number of carbonyl (C=O) groups excluding carboxylic acids is 1. The molecule has 1 heterocycles. The molecule has 7 heteroatoms. The number of aryl methyl sites for hydroxylation is 3. The van der Waals surface area contributed by atoms with E-state index in [2.05, 4.69) is 29.2 Å². The van der Waals surface area contributed by atoms with Crippen molar-refractivity contribution >= 4 is 22.0 Å². The van der Waals surface area contributed by atoms with Crippen LogP contribution in [0.5, 0.6) is 0 Å². The predicted molar refractivity (Wildman–Crippen MR) is 158 cm³/mol. The van der Waals surface area contributed by atoms with Gasteiger partial charge in [-0.25, -0.2) is 8.42 Å². The van der Waals surface area contributed by atoms with Crippen molar-refractivity contribution < 1.29 is 13.2 Å². The zero-order valence-electron chi connectivity index (χ0n) is 23.2. The van der Waals surface area contributed by atoms with E-state index in [0.717, 1.165) is 30.8 Å². The highest BCUT2D eigenvalue weighted by Gasteiger charge is 2.31. The van der Waals surface area contributed by atoms with Crippen molar-refractivity contribution in [2.45, 2.75) is 32.1 Å². The number of piperazine rings is 1. The largest absolute Gasteiger partial charge is 0.339 e. The highest BCUT2D eigenvalue weighted by Crippen LogP contribution is 2.26. The summed E-state index contributed by atoms with van der Waals surface area (Å²) < 4.78 is 29.3. The Balaban J connectivity index is 1.43. The standard InChI is InChI=1S/C32H39N3O3S/c1-26-23-27(2)32(28(3)24-26)39(37,38)35(18-16-30-13-8-5-9-14-30)25-31(36)34-21-19-33(20-22-34)17-10-15-29-11-6-4-7-12-29/h4-15,23-24H,16-22,25H2,1-3H3/b15-10+. The maximum Gasteiger partial charge on any atom is 0.244 e. The van der Waals surface area contributed by atoms with Crippen LogP contribution < -0.4 is 0 Å². The minimum Gasteiger partial charge on any atom is -0.339 e. The van der Waals surface area contributed by atoms with E-state index in [1.54, 1.807) is 4.90 Å². The molecule has 1 aliphatic heterocycles. The molecular weight excluding hydrogens is 506 g/mol. The van der Waals surface area contributed by atoms with Crippen LogP contribution in [0, 0.1) is 20.8 Å². The molecule has 0 aliphatic carbocycles. The molecule has 0 saturated carbocycles. The Kier molecular flexibility index (Phi) is 9.73. The maximum absolute atomic E-state index is 14.0. The fraction of sp³-hybridized carbons (Fsp3) is 0.344. The first kappa shape index (κ1) is 28.7. The molecule has 0 N–H and O–H groups in total. The summed E-state index contributed by atoms with van der Waals surface area (Å²) in [5.74, 6) is -0.145. The summed E-state index contributed by atoms with van der Waals surface area (Å²) in [5, 5.41) is 0. The molecule has 0 atom stereocenters. The first-order valence-corrected chi connectivity index (χ1v) is 15.0. The van der Waals surface area contributed by atoms with Gasteiger partial charge in [-0.3, -0.25) is 9.69 Å². The smallest absolute Gasteiger partial charge is 0.244 e. The Morgan fingerprint density at radius 2 is 1.46 bits per heavy atom. The Bertz CT molecular complexity index is 1360. The lowest BCUT2D eigenvalue weighted by molar-refractivity contribution is -0.133. The lowest BCUT2D eigenvalue weighted by atomic mass is 10.1. The van der Waals surface area contributed by atoms with Crippen molar-refractivity contribution in [3.63, 3.8) is 0 Å². The molecule has 3 aromatic carbocycles. The van der Waals surface area contributed by atoms with Gasteiger partial charge in [0.15, 0.2) is 0 Å². The van der Waals surface area contributed by atoms with E-state index in [1.165, 1.54) is 9.87 Å². The van der Waals surface area contributed by atoms with Crippen LogP contribution in [0.15, 0.2) is 83.8 Å². The van der Waals surface area contributed by atoms with Gasteiger partial charge in [-0.15, -0.1) is 0 Å². The molecule has 0 spiro atoms. The lowest BCUT2D eigenvalue weighted by Gasteiger charge is -2.35. The third-order valence-corrected chi connectivity index (χ3v) is 9.36. The van der Waals surface area contributed by atoms with E-state index in [-0.39, 0.29) is 19.0 Å². The van der Waals surface area contributed by atoms with Gasteiger partial charge in [0.25, 0.3) is 0 Å². The van der Waals surface area contributed by atoms with Crippen molar-refractivity contribution in [2.24, 2.45) is 0 Å². The van der Waals surface area contributed by atoms with Gasteiger partial charge >= 0.3 is 0 Å². The minimum absolute atomic E-state index is 0.145. The van der Waals surface area contributed by atoms with Crippen LogP contribution in [0.1, 0.15) is 27.8 Å². The van der Waals surface area contributed by atoms with Crippen LogP contribution in [-0.4, -0.2) is 74.2 Å². The lowest BCUT2D eigenvalue weighted by Crippen LogP contribution is -2.52. The highest BCUT2D eigenvalue weighted by atomic mass is 32.2. The van der Waals surface area contributed by atoms with E-state index in [1.807, 2.05) is 81.4 Å². The normalized spacial score (nSPS) is 14.8. The molecule has 206 valence electrons. The Morgan fingerprint density at radius 3 is 2.08 bits per heavy atom. The minimum atomic E-state index is -3.87. The highest BCUT2D eigenvalue weighted by molar-refractivity contribution is 7.89. The van der Waals surface area contributed by atoms with Gasteiger partial charge in [0.2, 0.25) is 15.9 Å². The van der Waals surface area contributed by atoms with Crippen molar-refractivity contribution in [1.82, 2.24) is 14.1 Å². The summed E-state index contributed by atoms with van der Waals surface area (Å²) in [4.78, 5) is 17.8. The van der Waals surface area contributed by atoms with Gasteiger partial charge in [-0.1, -0.05) is 90.5 Å². The second-order valence-corrected chi connectivity index (χ2v) is 12.2. The van der Waals surface area contributed by atoms with E-state index in [4.69, 9.17) is 0 Å². The Morgan fingerprint density at radius 1 is 0.872 bits per heavy atom. The number of hydrogen-bond donors (Lipinski definition) is 0. The molecule has 0 aromatic heterocycles. The van der Waals surface area contributed by atoms with Gasteiger partial charge in [0.05, 0.1) is 11.4 Å². The van der Waals surface area contributed by atoms with Gasteiger partial charge in [0.1, 0.15) is 0 Å². The fourth-order valence-corrected chi connectivity index (χ4v) is 7.02. The van der Waals surface area contributed by atoms with E-state index in [9.17, 15) is 13.2 Å². The summed E-state index contributed by atoms with van der Waals surface area (Å²) >= 11 is 0. The van der Waals surface area contributed by atoms with Crippen LogP contribution in [0.25, 0.3) is 6.08 Å². The average molecular weight is 546 g/mol. The number of nitrogens with zero attached hydrogens (tertiary/aromatic N) is 3. The van der Waals surface area contributed by atoms with Crippen molar-refractivity contribution in [2.75, 3.05) is 45.8 Å². The zero-order chi connectivity index (χ0) is 27.8. The van der Waals surface area contributed by atoms with E-state index in [0.29, 0.717) is 35.5 Å². The number of benzene rings is 3. The molecule has 0 unspecified atom stereocenters. The molecule has 4 rings (SSSR count). The Labute approximate surface area is 233 Å². The monoisotopic (exact) mass is 545 g/mol. The summed E-state index contributed by atoms with van der Waals surface area (Å²) in [6.45, 7) is 9.23. The second-order valence-electron chi connectivity index (χ2n) is 10.3. The first-order valence-electron chi connectivity index (χ1n) is 13.6. The molecule has 6 nitrogen and oxygen atoms in total. The van der Waals surface area contributed by atoms with Crippen LogP contribution in [0.3, 0.4) is 0 Å². The van der Waals surface area contributed by atoms with Gasteiger partial charge in [-0.2, -0.15) is 4.31 Å². The summed E-state index contributed by atoms with van der Waals surface area (Å²) in [5.41, 5.74) is 4.65. The van der Waals surface area contributed by atoms with Gasteiger partial charge in [-0.05, 0) is 49.4 Å². The molecule has 1 fully saturated rings. The molecule has 1 aliphatic rings. The van der Waals surface area contributed by atoms with Crippen LogP contribution in [0.2, 0.25) is 0 Å². The third-order valence-electron chi connectivity index (χ3n) is 7.21. The van der Waals surface area contributed by atoms with Crippen LogP contribution in [0.4, 0.5) is 0 Å². The molecule has 1 amide bonds. The molecule has 39 heavy (non-hydrogen) atoms. The predicted octanol–water partition coefficient (Wildman–Crippen LogP) is 4.70. The molecule has 0 radical (unpaired) electrons. The average Bonchev–Trinajstić information content (AvgIpc) is 2.91. The molecule has 1 saturated heterocycles. The van der Waals surface area contributed by atoms with Crippen LogP contribution in [-0.2, 0) is 21.2 Å². The van der Waals surface area contributed by atoms with Crippen molar-refractivity contribution in [1.29, 1.82) is 0 Å². The maximum atomic E-state index is 14.0.